The zero-order chi connectivity index (χ0) is 10.0. The molecule has 1 aromatic heterocycles. The number of rotatable bonds is 2. The Kier molecular flexibility index (Phi) is 2.77. The smallest absolute Gasteiger partial charge is 0.358 e. The molecule has 13 heavy (non-hydrogen) atoms. The van der Waals surface area contributed by atoms with Gasteiger partial charge in [0.2, 0.25) is 0 Å². The summed E-state index contributed by atoms with van der Waals surface area (Å²) in [6, 6.07) is 0. The van der Waals surface area contributed by atoms with E-state index >= 15 is 0 Å². The van der Waals surface area contributed by atoms with Crippen molar-refractivity contribution in [1.29, 1.82) is 0 Å². The van der Waals surface area contributed by atoms with Crippen LogP contribution in [-0.2, 0) is 11.8 Å². The molecule has 2 N–H and O–H groups in total. The Morgan fingerprint density at radius 2 is 2.38 bits per heavy atom. The fourth-order valence-electron chi connectivity index (χ4n) is 0.940. The normalized spacial score (nSPS) is 10.1. The van der Waals surface area contributed by atoms with Crippen molar-refractivity contribution in [3.8, 4) is 0 Å². The number of carbonyl (C=O) groups is 1. The third-order valence-corrected chi connectivity index (χ3v) is 1.86. The molecule has 0 atom stereocenters. The van der Waals surface area contributed by atoms with Crippen molar-refractivity contribution in [2.24, 2.45) is 7.05 Å². The lowest BCUT2D eigenvalue weighted by atomic mass is 10.4. The molecular weight excluding hydrogens is 194 g/mol. The first-order valence-corrected chi connectivity index (χ1v) is 4.10. The van der Waals surface area contributed by atoms with Crippen LogP contribution in [0.1, 0.15) is 17.4 Å². The molecule has 0 saturated carbocycles. The monoisotopic (exact) mass is 203 g/mol. The molecular formula is C7H10ClN3O2. The quantitative estimate of drug-likeness (QED) is 0.723. The third kappa shape index (κ3) is 1.75. The van der Waals surface area contributed by atoms with E-state index in [4.69, 9.17) is 22.1 Å². The largest absolute Gasteiger partial charge is 0.461 e. The Morgan fingerprint density at radius 1 is 1.77 bits per heavy atom. The number of anilines is 1. The average Bonchev–Trinajstić information content (AvgIpc) is 2.27. The summed E-state index contributed by atoms with van der Waals surface area (Å²) in [5.74, 6) is -0.383. The van der Waals surface area contributed by atoms with Gasteiger partial charge in [-0.15, -0.1) is 0 Å². The molecule has 1 rings (SSSR count). The first-order valence-electron chi connectivity index (χ1n) is 3.73. The number of carbonyl (C=O) groups excluding carboxylic acids is 1. The van der Waals surface area contributed by atoms with E-state index in [0.29, 0.717) is 6.61 Å². The van der Waals surface area contributed by atoms with Gasteiger partial charge in [-0.2, -0.15) is 5.10 Å². The van der Waals surface area contributed by atoms with E-state index in [1.54, 1.807) is 14.0 Å². The number of aryl methyl sites for hydroxylation is 1. The predicted molar refractivity (Wildman–Crippen MR) is 48.6 cm³/mol. The van der Waals surface area contributed by atoms with Crippen LogP contribution < -0.4 is 5.73 Å². The van der Waals surface area contributed by atoms with E-state index in [1.807, 2.05) is 0 Å². The summed E-state index contributed by atoms with van der Waals surface area (Å²) in [4.78, 5) is 11.3. The molecule has 6 heteroatoms. The molecule has 72 valence electrons. The van der Waals surface area contributed by atoms with Crippen molar-refractivity contribution in [2.45, 2.75) is 6.92 Å². The SMILES string of the molecule is CCOC(=O)c1c(Cl)c(N)nn1C. The highest BCUT2D eigenvalue weighted by Crippen LogP contribution is 2.22. The molecule has 0 aliphatic rings. The minimum atomic E-state index is -0.515. The second-order valence-electron chi connectivity index (χ2n) is 2.39. The van der Waals surface area contributed by atoms with Gasteiger partial charge in [0.1, 0.15) is 5.02 Å². The molecule has 0 aliphatic heterocycles. The number of hydrogen-bond acceptors (Lipinski definition) is 4. The number of nitrogens with zero attached hydrogens (tertiary/aromatic N) is 2. The van der Waals surface area contributed by atoms with Crippen molar-refractivity contribution in [2.75, 3.05) is 12.3 Å². The molecule has 0 aromatic carbocycles. The first-order chi connectivity index (χ1) is 6.07. The summed E-state index contributed by atoms with van der Waals surface area (Å²) in [5, 5.41) is 3.92. The molecule has 0 radical (unpaired) electrons. The molecule has 0 spiro atoms. The second-order valence-corrected chi connectivity index (χ2v) is 2.77. The molecule has 5 nitrogen and oxygen atoms in total. The van der Waals surface area contributed by atoms with Crippen LogP contribution in [0.2, 0.25) is 5.02 Å². The summed E-state index contributed by atoms with van der Waals surface area (Å²) in [6.45, 7) is 2.01. The minimum Gasteiger partial charge on any atom is -0.461 e. The van der Waals surface area contributed by atoms with Crippen LogP contribution in [0, 0.1) is 0 Å². The lowest BCUT2D eigenvalue weighted by Crippen LogP contribution is -2.10. The second kappa shape index (κ2) is 3.66. The van der Waals surface area contributed by atoms with Crippen molar-refractivity contribution in [1.82, 2.24) is 9.78 Å². The molecule has 0 aliphatic carbocycles. The van der Waals surface area contributed by atoms with E-state index in [1.165, 1.54) is 4.68 Å². The number of hydrogen-bond donors (Lipinski definition) is 1. The third-order valence-electron chi connectivity index (χ3n) is 1.48. The zero-order valence-electron chi connectivity index (χ0n) is 7.37. The number of ether oxygens (including phenoxy) is 1. The van der Waals surface area contributed by atoms with Gasteiger partial charge in [0.15, 0.2) is 11.5 Å². The van der Waals surface area contributed by atoms with Crippen molar-refractivity contribution >= 4 is 23.4 Å². The Bertz CT molecular complexity index is 335. The maximum Gasteiger partial charge on any atom is 0.358 e. The van der Waals surface area contributed by atoms with Gasteiger partial charge in [0.25, 0.3) is 0 Å². The number of nitrogens with two attached hydrogens (primary N) is 1. The number of esters is 1. The standard InChI is InChI=1S/C7H10ClN3O2/c1-3-13-7(12)5-4(8)6(9)10-11(5)2/h3H2,1-2H3,(H2,9,10). The van der Waals surface area contributed by atoms with Crippen LogP contribution >= 0.6 is 11.6 Å². The van der Waals surface area contributed by atoms with Gasteiger partial charge in [0.05, 0.1) is 6.61 Å². The fourth-order valence-corrected chi connectivity index (χ4v) is 1.18. The predicted octanol–water partition coefficient (Wildman–Crippen LogP) is 0.832. The molecule has 1 aromatic rings. The summed E-state index contributed by atoms with van der Waals surface area (Å²) < 4.78 is 6.06. The van der Waals surface area contributed by atoms with Gasteiger partial charge in [-0.3, -0.25) is 4.68 Å². The molecule has 0 fully saturated rings. The van der Waals surface area contributed by atoms with Gasteiger partial charge < -0.3 is 10.5 Å². The van der Waals surface area contributed by atoms with Crippen molar-refractivity contribution in [3.05, 3.63) is 10.7 Å². The van der Waals surface area contributed by atoms with Crippen LogP contribution in [-0.4, -0.2) is 22.4 Å². The van der Waals surface area contributed by atoms with Gasteiger partial charge in [-0.1, -0.05) is 11.6 Å². The molecule has 0 unspecified atom stereocenters. The highest BCUT2D eigenvalue weighted by Gasteiger charge is 2.19. The van der Waals surface area contributed by atoms with E-state index in [0.717, 1.165) is 0 Å². The van der Waals surface area contributed by atoms with Crippen molar-refractivity contribution in [3.63, 3.8) is 0 Å². The van der Waals surface area contributed by atoms with Gasteiger partial charge in [-0.05, 0) is 6.92 Å². The zero-order valence-corrected chi connectivity index (χ0v) is 8.13. The average molecular weight is 204 g/mol. The van der Waals surface area contributed by atoms with Crippen LogP contribution in [0.4, 0.5) is 5.82 Å². The first kappa shape index (κ1) is 9.85. The van der Waals surface area contributed by atoms with E-state index in [-0.39, 0.29) is 16.5 Å². The Morgan fingerprint density at radius 3 is 2.77 bits per heavy atom. The Hall–Kier alpha value is -1.23. The topological polar surface area (TPSA) is 70.1 Å². The summed E-state index contributed by atoms with van der Waals surface area (Å²) in [5.41, 5.74) is 5.59. The van der Waals surface area contributed by atoms with Crippen molar-refractivity contribution < 1.29 is 9.53 Å². The highest BCUT2D eigenvalue weighted by molar-refractivity contribution is 6.35. The summed E-state index contributed by atoms with van der Waals surface area (Å²) in [6.07, 6.45) is 0. The van der Waals surface area contributed by atoms with Gasteiger partial charge >= 0.3 is 5.97 Å². The number of aromatic nitrogens is 2. The highest BCUT2D eigenvalue weighted by atomic mass is 35.5. The molecule has 0 bridgehead atoms. The summed E-state index contributed by atoms with van der Waals surface area (Å²) >= 11 is 5.74. The van der Waals surface area contributed by atoms with Gasteiger partial charge in [0, 0.05) is 7.05 Å². The molecule has 1 heterocycles. The van der Waals surface area contributed by atoms with E-state index in [2.05, 4.69) is 5.10 Å². The van der Waals surface area contributed by atoms with E-state index in [9.17, 15) is 4.79 Å². The van der Waals surface area contributed by atoms with E-state index < -0.39 is 5.97 Å². The van der Waals surface area contributed by atoms with Crippen LogP contribution in [0.5, 0.6) is 0 Å². The number of nitrogen functional groups attached to an aromatic ring is 1. The molecule has 0 saturated heterocycles. The molecule has 0 amide bonds. The maximum atomic E-state index is 11.3. The maximum absolute atomic E-state index is 11.3. The fraction of sp³-hybridized carbons (Fsp3) is 0.429. The van der Waals surface area contributed by atoms with Crippen LogP contribution in [0.3, 0.4) is 0 Å². The minimum absolute atomic E-state index is 0.132. The lowest BCUT2D eigenvalue weighted by Gasteiger charge is -2.01. The number of halogens is 1. The van der Waals surface area contributed by atoms with Crippen LogP contribution in [0.25, 0.3) is 0 Å². The Labute approximate surface area is 80.4 Å². The lowest BCUT2D eigenvalue weighted by molar-refractivity contribution is 0.0514. The summed E-state index contributed by atoms with van der Waals surface area (Å²) in [7, 11) is 1.58. The Balaban J connectivity index is 3.06. The van der Waals surface area contributed by atoms with Crippen LogP contribution in [0.15, 0.2) is 0 Å². The van der Waals surface area contributed by atoms with Gasteiger partial charge in [-0.25, -0.2) is 4.79 Å².